The zero-order chi connectivity index (χ0) is 19.5. The van der Waals surface area contributed by atoms with E-state index in [0.717, 1.165) is 37.3 Å². The number of nitrogens with zero attached hydrogens (tertiary/aromatic N) is 4. The van der Waals surface area contributed by atoms with Crippen molar-refractivity contribution in [3.63, 3.8) is 0 Å². The Bertz CT molecular complexity index is 984. The molecule has 1 N–H and O–H groups in total. The molecule has 0 aliphatic carbocycles. The van der Waals surface area contributed by atoms with E-state index in [2.05, 4.69) is 50.9 Å². The summed E-state index contributed by atoms with van der Waals surface area (Å²) in [4.78, 5) is 28.6. The molecule has 3 aromatic rings. The van der Waals surface area contributed by atoms with E-state index in [4.69, 9.17) is 0 Å². The molecular weight excluding hydrogens is 350 g/mol. The highest BCUT2D eigenvalue weighted by molar-refractivity contribution is 5.62. The second-order valence-corrected chi connectivity index (χ2v) is 7.48. The number of H-pyrrole nitrogens is 1. The summed E-state index contributed by atoms with van der Waals surface area (Å²) in [6.07, 6.45) is 3.42. The molecule has 1 aliphatic rings. The molecule has 4 rings (SSSR count). The van der Waals surface area contributed by atoms with Gasteiger partial charge in [-0.05, 0) is 31.7 Å². The lowest BCUT2D eigenvalue weighted by atomic mass is 10.1. The molecule has 1 unspecified atom stereocenters. The summed E-state index contributed by atoms with van der Waals surface area (Å²) in [5.74, 6) is 0.575. The van der Waals surface area contributed by atoms with Crippen LogP contribution in [0.4, 0.5) is 0 Å². The van der Waals surface area contributed by atoms with Crippen LogP contribution in [-0.2, 0) is 6.54 Å². The van der Waals surface area contributed by atoms with E-state index in [1.165, 1.54) is 11.6 Å². The SMILES string of the molecule is CC1CN(Cc2ccc(-c3nc(-c4cccnc4)cc(=O)[nH]3)cc2)CCN1C. The third-order valence-corrected chi connectivity index (χ3v) is 5.38. The maximum atomic E-state index is 12.1. The third kappa shape index (κ3) is 4.18. The first kappa shape index (κ1) is 18.5. The summed E-state index contributed by atoms with van der Waals surface area (Å²) >= 11 is 0. The van der Waals surface area contributed by atoms with Crippen molar-refractivity contribution in [1.29, 1.82) is 0 Å². The minimum Gasteiger partial charge on any atom is -0.306 e. The Morgan fingerprint density at radius 1 is 1.14 bits per heavy atom. The fraction of sp³-hybridized carbons (Fsp3) is 0.318. The number of likely N-dealkylation sites (N-methyl/N-ethyl adjacent to an activating group) is 1. The number of nitrogens with one attached hydrogen (secondary N) is 1. The standard InChI is InChI=1S/C22H25N5O/c1-16-14-27(11-10-26(16)2)15-17-5-7-18(8-6-17)22-24-20(12-21(28)25-22)19-4-3-9-23-13-19/h3-9,12-13,16H,10-11,14-15H2,1-2H3,(H,24,25,28). The van der Waals surface area contributed by atoms with Crippen molar-refractivity contribution < 1.29 is 0 Å². The molecule has 1 atom stereocenters. The first-order valence-electron chi connectivity index (χ1n) is 9.62. The zero-order valence-electron chi connectivity index (χ0n) is 16.3. The largest absolute Gasteiger partial charge is 0.306 e. The van der Waals surface area contributed by atoms with Gasteiger partial charge < -0.3 is 9.88 Å². The first-order chi connectivity index (χ1) is 13.6. The second kappa shape index (κ2) is 8.04. The van der Waals surface area contributed by atoms with Gasteiger partial charge in [-0.25, -0.2) is 4.98 Å². The highest BCUT2D eigenvalue weighted by atomic mass is 16.1. The Morgan fingerprint density at radius 3 is 2.68 bits per heavy atom. The lowest BCUT2D eigenvalue weighted by molar-refractivity contribution is 0.1000. The number of benzene rings is 1. The van der Waals surface area contributed by atoms with Crippen LogP contribution in [0.25, 0.3) is 22.6 Å². The van der Waals surface area contributed by atoms with E-state index in [1.54, 1.807) is 12.4 Å². The maximum Gasteiger partial charge on any atom is 0.251 e. The second-order valence-electron chi connectivity index (χ2n) is 7.48. The topological polar surface area (TPSA) is 65.1 Å². The first-order valence-corrected chi connectivity index (χ1v) is 9.62. The van der Waals surface area contributed by atoms with E-state index in [-0.39, 0.29) is 5.56 Å². The maximum absolute atomic E-state index is 12.1. The van der Waals surface area contributed by atoms with Crippen molar-refractivity contribution in [3.05, 3.63) is 70.8 Å². The number of piperazine rings is 1. The van der Waals surface area contributed by atoms with Gasteiger partial charge in [-0.1, -0.05) is 24.3 Å². The molecule has 1 aromatic carbocycles. The van der Waals surface area contributed by atoms with E-state index in [9.17, 15) is 4.79 Å². The average Bonchev–Trinajstić information content (AvgIpc) is 2.71. The van der Waals surface area contributed by atoms with Crippen molar-refractivity contribution in [2.45, 2.75) is 19.5 Å². The fourth-order valence-corrected chi connectivity index (χ4v) is 3.55. The van der Waals surface area contributed by atoms with Gasteiger partial charge in [0.1, 0.15) is 5.82 Å². The molecule has 144 valence electrons. The summed E-state index contributed by atoms with van der Waals surface area (Å²) in [5.41, 5.74) is 3.46. The van der Waals surface area contributed by atoms with Gasteiger partial charge in [-0.2, -0.15) is 0 Å². The number of hydrogen-bond acceptors (Lipinski definition) is 5. The molecule has 0 radical (unpaired) electrons. The van der Waals surface area contributed by atoms with Crippen molar-refractivity contribution >= 4 is 0 Å². The van der Waals surface area contributed by atoms with E-state index in [1.807, 2.05) is 24.3 Å². The molecule has 1 aliphatic heterocycles. The lowest BCUT2D eigenvalue weighted by Crippen LogP contribution is -2.49. The molecule has 0 amide bonds. The molecule has 6 heteroatoms. The van der Waals surface area contributed by atoms with Crippen LogP contribution in [0.2, 0.25) is 0 Å². The summed E-state index contributed by atoms with van der Waals surface area (Å²) in [6, 6.07) is 14.1. The monoisotopic (exact) mass is 375 g/mol. The van der Waals surface area contributed by atoms with Gasteiger partial charge in [-0.3, -0.25) is 14.7 Å². The molecule has 0 spiro atoms. The molecule has 0 bridgehead atoms. The van der Waals surface area contributed by atoms with Gasteiger partial charge in [0.25, 0.3) is 5.56 Å². The van der Waals surface area contributed by atoms with Crippen molar-refractivity contribution in [2.75, 3.05) is 26.7 Å². The van der Waals surface area contributed by atoms with Gasteiger partial charge in [0.2, 0.25) is 0 Å². The van der Waals surface area contributed by atoms with Crippen LogP contribution in [0.3, 0.4) is 0 Å². The van der Waals surface area contributed by atoms with Crippen LogP contribution in [-0.4, -0.2) is 57.5 Å². The number of hydrogen-bond donors (Lipinski definition) is 1. The van der Waals surface area contributed by atoms with Crippen LogP contribution in [0.15, 0.2) is 59.7 Å². The van der Waals surface area contributed by atoms with Gasteiger partial charge in [0.15, 0.2) is 0 Å². The number of aromatic nitrogens is 3. The number of pyridine rings is 1. The van der Waals surface area contributed by atoms with Crippen molar-refractivity contribution in [3.8, 4) is 22.6 Å². The minimum absolute atomic E-state index is 0.167. The van der Waals surface area contributed by atoms with Gasteiger partial charge >= 0.3 is 0 Å². The predicted molar refractivity (Wildman–Crippen MR) is 111 cm³/mol. The molecule has 0 saturated carbocycles. The van der Waals surface area contributed by atoms with Crippen LogP contribution in [0.5, 0.6) is 0 Å². The highest BCUT2D eigenvalue weighted by Crippen LogP contribution is 2.20. The Labute approximate surface area is 164 Å². The summed E-state index contributed by atoms with van der Waals surface area (Å²) in [5, 5.41) is 0. The van der Waals surface area contributed by atoms with Gasteiger partial charge in [0, 0.05) is 61.8 Å². The molecule has 6 nitrogen and oxygen atoms in total. The quantitative estimate of drug-likeness (QED) is 0.759. The predicted octanol–water partition coefficient (Wildman–Crippen LogP) is 2.63. The number of rotatable bonds is 4. The van der Waals surface area contributed by atoms with E-state index < -0.39 is 0 Å². The van der Waals surface area contributed by atoms with Crippen LogP contribution < -0.4 is 5.56 Å². The van der Waals surface area contributed by atoms with Crippen molar-refractivity contribution in [2.24, 2.45) is 0 Å². The Balaban J connectivity index is 1.53. The Kier molecular flexibility index (Phi) is 5.32. The van der Waals surface area contributed by atoms with Gasteiger partial charge in [0.05, 0.1) is 5.69 Å². The third-order valence-electron chi connectivity index (χ3n) is 5.38. The summed E-state index contributed by atoms with van der Waals surface area (Å²) < 4.78 is 0. The Hall–Kier alpha value is -2.83. The molecular formula is C22H25N5O. The fourth-order valence-electron chi connectivity index (χ4n) is 3.55. The summed E-state index contributed by atoms with van der Waals surface area (Å²) in [6.45, 7) is 6.49. The molecule has 2 aromatic heterocycles. The Morgan fingerprint density at radius 2 is 1.96 bits per heavy atom. The normalized spacial score (nSPS) is 18.3. The smallest absolute Gasteiger partial charge is 0.251 e. The lowest BCUT2D eigenvalue weighted by Gasteiger charge is -2.37. The molecule has 1 fully saturated rings. The molecule has 3 heterocycles. The summed E-state index contributed by atoms with van der Waals surface area (Å²) in [7, 11) is 2.18. The average molecular weight is 375 g/mol. The zero-order valence-corrected chi connectivity index (χ0v) is 16.3. The van der Waals surface area contributed by atoms with E-state index in [0.29, 0.717) is 17.6 Å². The van der Waals surface area contributed by atoms with Crippen LogP contribution in [0.1, 0.15) is 12.5 Å². The minimum atomic E-state index is -0.167. The molecule has 28 heavy (non-hydrogen) atoms. The van der Waals surface area contributed by atoms with Crippen LogP contribution >= 0.6 is 0 Å². The van der Waals surface area contributed by atoms with Crippen LogP contribution in [0, 0.1) is 0 Å². The van der Waals surface area contributed by atoms with Crippen molar-refractivity contribution in [1.82, 2.24) is 24.8 Å². The van der Waals surface area contributed by atoms with Gasteiger partial charge in [-0.15, -0.1) is 0 Å². The highest BCUT2D eigenvalue weighted by Gasteiger charge is 2.20. The van der Waals surface area contributed by atoms with E-state index >= 15 is 0 Å². The molecule has 1 saturated heterocycles. The number of aromatic amines is 1.